The number of hydrogen-bond donors (Lipinski definition) is 3. The first-order valence-corrected chi connectivity index (χ1v) is 9.53. The largest absolute Gasteiger partial charge is 0.329 e. The summed E-state index contributed by atoms with van der Waals surface area (Å²) >= 11 is 3.33. The summed E-state index contributed by atoms with van der Waals surface area (Å²) in [6, 6.07) is 3.04. The number of fused-ring (bicyclic) bond motifs is 1. The van der Waals surface area contributed by atoms with Crippen LogP contribution in [0.5, 0.6) is 0 Å². The van der Waals surface area contributed by atoms with Crippen molar-refractivity contribution in [2.24, 2.45) is 11.7 Å². The van der Waals surface area contributed by atoms with Gasteiger partial charge in [-0.2, -0.15) is 0 Å². The summed E-state index contributed by atoms with van der Waals surface area (Å²) in [6.07, 6.45) is 3.04. The Kier molecular flexibility index (Phi) is 4.28. The standard InChI is InChI=1S/C14H18BrN3O3S/c15-10-5-9-3-4-14(19)17-11(9)6-13(10)22(20,21)18-12(7-16)8-1-2-8/h5-6,8,12,18H,1-4,7,16H2,(H,17,19)/t12-/m1/s1. The van der Waals surface area contributed by atoms with Gasteiger partial charge in [0, 0.05) is 29.2 Å². The van der Waals surface area contributed by atoms with Crippen molar-refractivity contribution in [1.29, 1.82) is 0 Å². The van der Waals surface area contributed by atoms with Crippen LogP contribution in [0, 0.1) is 5.92 Å². The van der Waals surface area contributed by atoms with Gasteiger partial charge < -0.3 is 11.1 Å². The number of rotatable bonds is 5. The predicted octanol–water partition coefficient (Wildman–Crippen LogP) is 1.35. The fourth-order valence-corrected chi connectivity index (χ4v) is 5.12. The minimum Gasteiger partial charge on any atom is -0.329 e. The summed E-state index contributed by atoms with van der Waals surface area (Å²) in [5, 5.41) is 2.73. The second-order valence-electron chi connectivity index (χ2n) is 5.79. The van der Waals surface area contributed by atoms with Crippen LogP contribution in [0.2, 0.25) is 0 Å². The average Bonchev–Trinajstić information content (AvgIpc) is 3.29. The molecule has 1 aliphatic heterocycles. The molecule has 8 heteroatoms. The summed E-state index contributed by atoms with van der Waals surface area (Å²) in [6.45, 7) is 0.281. The Morgan fingerprint density at radius 2 is 2.09 bits per heavy atom. The lowest BCUT2D eigenvalue weighted by Crippen LogP contribution is -2.41. The number of nitrogens with one attached hydrogen (secondary N) is 2. The third kappa shape index (κ3) is 3.19. The SMILES string of the molecule is NC[C@@H](NS(=O)(=O)c1cc2c(cc1Br)CCC(=O)N2)C1CC1. The lowest BCUT2D eigenvalue weighted by Gasteiger charge is -2.21. The van der Waals surface area contributed by atoms with Gasteiger partial charge in [-0.1, -0.05) is 0 Å². The summed E-state index contributed by atoms with van der Waals surface area (Å²) in [5.74, 6) is 0.236. The van der Waals surface area contributed by atoms with Gasteiger partial charge in [0.05, 0.1) is 4.90 Å². The van der Waals surface area contributed by atoms with Gasteiger partial charge in [0.25, 0.3) is 0 Å². The number of hydrogen-bond acceptors (Lipinski definition) is 4. The van der Waals surface area contributed by atoms with E-state index in [0.29, 0.717) is 28.9 Å². The molecule has 2 aliphatic rings. The molecule has 6 nitrogen and oxygen atoms in total. The third-order valence-electron chi connectivity index (χ3n) is 4.09. The molecule has 3 rings (SSSR count). The zero-order chi connectivity index (χ0) is 15.9. The van der Waals surface area contributed by atoms with Crippen molar-refractivity contribution in [3.8, 4) is 0 Å². The van der Waals surface area contributed by atoms with Gasteiger partial charge in [-0.25, -0.2) is 13.1 Å². The molecule has 1 heterocycles. The lowest BCUT2D eigenvalue weighted by atomic mass is 10.0. The van der Waals surface area contributed by atoms with Crippen LogP contribution in [0.25, 0.3) is 0 Å². The Balaban J connectivity index is 1.92. The molecular formula is C14H18BrN3O3S. The molecule has 120 valence electrons. The van der Waals surface area contributed by atoms with Crippen LogP contribution in [0.1, 0.15) is 24.8 Å². The van der Waals surface area contributed by atoms with E-state index in [-0.39, 0.29) is 23.4 Å². The number of anilines is 1. The minimum absolute atomic E-state index is 0.0936. The maximum Gasteiger partial charge on any atom is 0.242 e. The highest BCUT2D eigenvalue weighted by Crippen LogP contribution is 2.35. The molecule has 1 saturated carbocycles. The van der Waals surface area contributed by atoms with Crippen molar-refractivity contribution in [3.05, 3.63) is 22.2 Å². The molecule has 1 aliphatic carbocycles. The van der Waals surface area contributed by atoms with E-state index >= 15 is 0 Å². The molecule has 0 aromatic heterocycles. The Bertz CT molecular complexity index is 716. The Hall–Kier alpha value is -0.960. The van der Waals surface area contributed by atoms with Crippen molar-refractivity contribution >= 4 is 37.5 Å². The van der Waals surface area contributed by atoms with Crippen molar-refractivity contribution in [2.45, 2.75) is 36.6 Å². The van der Waals surface area contributed by atoms with Gasteiger partial charge in [-0.3, -0.25) is 4.79 Å². The van der Waals surface area contributed by atoms with Crippen LogP contribution >= 0.6 is 15.9 Å². The minimum atomic E-state index is -3.69. The molecule has 1 fully saturated rings. The molecular weight excluding hydrogens is 370 g/mol. The number of halogens is 1. The maximum absolute atomic E-state index is 12.6. The molecule has 4 N–H and O–H groups in total. The number of aryl methyl sites for hydroxylation is 1. The highest BCUT2D eigenvalue weighted by Gasteiger charge is 2.34. The first-order valence-electron chi connectivity index (χ1n) is 7.25. The number of sulfonamides is 1. The van der Waals surface area contributed by atoms with E-state index in [2.05, 4.69) is 26.0 Å². The molecule has 0 unspecified atom stereocenters. The Labute approximate surface area is 138 Å². The number of benzene rings is 1. The second-order valence-corrected chi connectivity index (χ2v) is 8.33. The quantitative estimate of drug-likeness (QED) is 0.709. The lowest BCUT2D eigenvalue weighted by molar-refractivity contribution is -0.116. The summed E-state index contributed by atoms with van der Waals surface area (Å²) in [5.41, 5.74) is 7.17. The monoisotopic (exact) mass is 387 g/mol. The van der Waals surface area contributed by atoms with Gasteiger partial charge in [0.1, 0.15) is 0 Å². The highest BCUT2D eigenvalue weighted by molar-refractivity contribution is 9.10. The van der Waals surface area contributed by atoms with E-state index in [9.17, 15) is 13.2 Å². The van der Waals surface area contributed by atoms with E-state index in [1.54, 1.807) is 6.07 Å². The summed E-state index contributed by atoms with van der Waals surface area (Å²) in [4.78, 5) is 11.6. The number of nitrogens with two attached hydrogens (primary N) is 1. The van der Waals surface area contributed by atoms with E-state index in [4.69, 9.17) is 5.73 Å². The van der Waals surface area contributed by atoms with Crippen LogP contribution in [0.4, 0.5) is 5.69 Å². The van der Waals surface area contributed by atoms with Crippen LogP contribution in [0.15, 0.2) is 21.5 Å². The average molecular weight is 388 g/mol. The topological polar surface area (TPSA) is 101 Å². The van der Waals surface area contributed by atoms with Crippen LogP contribution < -0.4 is 15.8 Å². The van der Waals surface area contributed by atoms with Crippen LogP contribution in [-0.4, -0.2) is 26.9 Å². The van der Waals surface area contributed by atoms with Gasteiger partial charge in [-0.05, 0) is 58.8 Å². The van der Waals surface area contributed by atoms with Gasteiger partial charge in [0.2, 0.25) is 15.9 Å². The molecule has 0 bridgehead atoms. The zero-order valence-electron chi connectivity index (χ0n) is 11.9. The van der Waals surface area contributed by atoms with Crippen molar-refractivity contribution < 1.29 is 13.2 Å². The first-order chi connectivity index (χ1) is 10.4. The molecule has 1 atom stereocenters. The van der Waals surface area contributed by atoms with E-state index < -0.39 is 10.0 Å². The molecule has 0 radical (unpaired) electrons. The number of carbonyl (C=O) groups excluding carboxylic acids is 1. The van der Waals surface area contributed by atoms with Gasteiger partial charge in [-0.15, -0.1) is 0 Å². The predicted molar refractivity (Wildman–Crippen MR) is 87.0 cm³/mol. The normalized spacial score (nSPS) is 19.5. The second kappa shape index (κ2) is 5.92. The van der Waals surface area contributed by atoms with E-state index in [1.165, 1.54) is 6.07 Å². The van der Waals surface area contributed by atoms with E-state index in [0.717, 1.165) is 18.4 Å². The van der Waals surface area contributed by atoms with Crippen LogP contribution in [0.3, 0.4) is 0 Å². The first kappa shape index (κ1) is 15.9. The van der Waals surface area contributed by atoms with Crippen molar-refractivity contribution in [1.82, 2.24) is 4.72 Å². The van der Waals surface area contributed by atoms with E-state index in [1.807, 2.05) is 0 Å². The molecule has 0 saturated heterocycles. The number of carbonyl (C=O) groups is 1. The maximum atomic E-state index is 12.6. The Morgan fingerprint density at radius 1 is 1.36 bits per heavy atom. The van der Waals surface area contributed by atoms with Crippen LogP contribution in [-0.2, 0) is 21.2 Å². The summed E-state index contributed by atoms with van der Waals surface area (Å²) < 4.78 is 28.4. The van der Waals surface area contributed by atoms with Gasteiger partial charge in [0.15, 0.2) is 0 Å². The fourth-order valence-electron chi connectivity index (χ4n) is 2.68. The highest BCUT2D eigenvalue weighted by atomic mass is 79.9. The van der Waals surface area contributed by atoms with Crippen molar-refractivity contribution in [3.63, 3.8) is 0 Å². The molecule has 1 aromatic rings. The summed E-state index contributed by atoms with van der Waals surface area (Å²) in [7, 11) is -3.69. The molecule has 0 spiro atoms. The molecule has 22 heavy (non-hydrogen) atoms. The Morgan fingerprint density at radius 3 is 2.73 bits per heavy atom. The van der Waals surface area contributed by atoms with Crippen molar-refractivity contribution in [2.75, 3.05) is 11.9 Å². The fraction of sp³-hybridized carbons (Fsp3) is 0.500. The number of amides is 1. The third-order valence-corrected chi connectivity index (χ3v) is 6.54. The zero-order valence-corrected chi connectivity index (χ0v) is 14.3. The molecule has 1 amide bonds. The molecule has 1 aromatic carbocycles. The smallest absolute Gasteiger partial charge is 0.242 e. The van der Waals surface area contributed by atoms with Gasteiger partial charge >= 0.3 is 0 Å².